The first-order valence-corrected chi connectivity index (χ1v) is 44.7. The molecule has 0 atom stereocenters. The summed E-state index contributed by atoms with van der Waals surface area (Å²) in [6, 6.07) is 54.3. The number of hydrogen-bond donors (Lipinski definition) is 12. The molecule has 25 heteroatoms. The van der Waals surface area contributed by atoms with Crippen LogP contribution >= 0.6 is 14.3 Å². The Bertz CT molecular complexity index is 4040. The van der Waals surface area contributed by atoms with E-state index in [1.807, 2.05) is 110 Å². The number of benzene rings is 8. The van der Waals surface area contributed by atoms with Crippen LogP contribution in [0.5, 0.6) is 0 Å². The van der Waals surface area contributed by atoms with Gasteiger partial charge >= 0.3 is 0 Å². The summed E-state index contributed by atoms with van der Waals surface area (Å²) in [5.41, 5.74) is 12.6. The fourth-order valence-corrected chi connectivity index (χ4v) is 20.3. The summed E-state index contributed by atoms with van der Waals surface area (Å²) < 4.78 is 29.7. The van der Waals surface area contributed by atoms with Gasteiger partial charge < -0.3 is 70.4 Å². The van der Waals surface area contributed by atoms with E-state index in [1.165, 1.54) is 22.3 Å². The van der Waals surface area contributed by atoms with E-state index >= 15 is 4.57 Å². The quantitative estimate of drug-likeness (QED) is 0.0167. The maximum absolute atomic E-state index is 15.1. The molecule has 12 N–H and O–H groups in total. The monoisotopic (exact) mass is 1670 g/mol. The number of carbonyl (C=O) groups excluding carboxylic acids is 2. The minimum Gasteiger partial charge on any atom is -0.395 e. The van der Waals surface area contributed by atoms with Gasteiger partial charge in [0, 0.05) is 157 Å². The molecule has 0 aromatic heterocycles. The summed E-state index contributed by atoms with van der Waals surface area (Å²) >= 11 is 0. The van der Waals surface area contributed by atoms with Gasteiger partial charge in [0.05, 0.1) is 79.3 Å². The Morgan fingerprint density at radius 3 is 0.805 bits per heavy atom. The van der Waals surface area contributed by atoms with Crippen molar-refractivity contribution in [3.63, 3.8) is 0 Å². The lowest BCUT2D eigenvalue weighted by atomic mass is 9.88. The van der Waals surface area contributed by atoms with Crippen LogP contribution in [0.25, 0.3) is 0 Å². The van der Waals surface area contributed by atoms with Gasteiger partial charge in [-0.2, -0.15) is 0 Å². The van der Waals surface area contributed by atoms with Crippen LogP contribution in [0.1, 0.15) is 120 Å². The first kappa shape index (κ1) is 101. The minimum absolute atomic E-state index is 0.0209. The van der Waals surface area contributed by atoms with E-state index in [-0.39, 0.29) is 84.8 Å². The Hall–Kier alpha value is -7.20. The van der Waals surface area contributed by atoms with Gasteiger partial charge in [-0.25, -0.2) is 0 Å². The highest BCUT2D eigenvalue weighted by Crippen LogP contribution is 2.50. The SMILES string of the molecule is CCCN(CCO)Cc1cccc(CN(CCO)CCO)c1.CCCN(CCO)Cc1ccccc1CN(CCO)CCO.Cc1c(CN(CCO)CCO)c(C)c(C(=O)P(=O)(c2ccccc2)c2ccccc2)c(C)c1CN(CCO)CCO.Cc1cc(C)c(C(=O)P(=O)(c2ccccc2)c2ccccc2)c(C)c1CN(CCO)CCO. The zero-order valence-electron chi connectivity index (χ0n) is 71.0. The van der Waals surface area contributed by atoms with Crippen molar-refractivity contribution < 1.29 is 80.0 Å². The molecule has 0 fully saturated rings. The Morgan fingerprint density at radius 2 is 0.508 bits per heavy atom. The van der Waals surface area contributed by atoms with E-state index in [4.69, 9.17) is 25.5 Å². The molecule has 118 heavy (non-hydrogen) atoms. The van der Waals surface area contributed by atoms with Crippen molar-refractivity contribution in [3.8, 4) is 0 Å². The lowest BCUT2D eigenvalue weighted by molar-refractivity contribution is 0.106. The third-order valence-corrected chi connectivity index (χ3v) is 26.8. The molecule has 0 spiro atoms. The zero-order valence-corrected chi connectivity index (χ0v) is 72.8. The van der Waals surface area contributed by atoms with Gasteiger partial charge in [0.15, 0.2) is 0 Å². The molecule has 8 aromatic rings. The van der Waals surface area contributed by atoms with E-state index in [9.17, 15) is 49.9 Å². The minimum atomic E-state index is -3.79. The van der Waals surface area contributed by atoms with E-state index in [1.54, 1.807) is 97.1 Å². The van der Waals surface area contributed by atoms with Crippen LogP contribution in [0.4, 0.5) is 0 Å². The number of aliphatic hydroxyl groups excluding tert-OH is 12. The van der Waals surface area contributed by atoms with Gasteiger partial charge in [-0.15, -0.1) is 0 Å². The predicted octanol–water partition coefficient (Wildman–Crippen LogP) is 7.25. The molecule has 648 valence electrons. The summed E-state index contributed by atoms with van der Waals surface area (Å²) in [6.45, 7) is 28.3. The van der Waals surface area contributed by atoms with Crippen molar-refractivity contribution in [1.29, 1.82) is 0 Å². The van der Waals surface area contributed by atoms with Crippen LogP contribution in [0.15, 0.2) is 176 Å². The molecule has 0 heterocycles. The number of carbonyl (C=O) groups is 2. The van der Waals surface area contributed by atoms with E-state index in [2.05, 4.69) is 58.9 Å². The fraction of sp³-hybridized carbons (Fsp3) is 0.462. The molecule has 0 aliphatic heterocycles. The molecular weight excluding hydrogens is 1530 g/mol. The molecule has 0 amide bonds. The average molecular weight is 1670 g/mol. The van der Waals surface area contributed by atoms with Gasteiger partial charge in [0.2, 0.25) is 25.3 Å². The molecule has 8 rings (SSSR count). The normalized spacial score (nSPS) is 11.7. The molecule has 0 radical (unpaired) electrons. The van der Waals surface area contributed by atoms with Gasteiger partial charge in [0.25, 0.3) is 0 Å². The highest BCUT2D eigenvalue weighted by atomic mass is 31.2. The standard InChI is InChI=1S/C32H43N2O6P.C27H32NO4P.2C17H30N2O3/c1-24-29(22-33(14-18-35)15-19-36)25(2)31(26(3)30(24)23-34(16-20-37)17-21-38)32(39)41(40,27-10-6-4-7-11-27)28-12-8-5-9-13-28;1-20-18-21(2)26(22(3)25(20)19-28(14-16-29)15-17-30)27(31)33(32,23-10-6-4-7-11-23)24-12-8-5-9-13-24;1-2-7-18(8-11-20)14-16-5-3-4-6-17(16)15-19(9-12-21)10-13-22;1-2-6-18(7-10-20)14-16-4-3-5-17(13-16)15-19(8-11-21)9-12-22/h4-13,35-38H,14-23H2,1-3H3;4-13,18,29-30H,14-17,19H2,1-3H3;3-6,20-22H,2,7-15H2,1H3;3-5,13,20-22H,2,6-12,14-15H2,1H3. The lowest BCUT2D eigenvalue weighted by Crippen LogP contribution is -2.32. The summed E-state index contributed by atoms with van der Waals surface area (Å²) in [4.78, 5) is 43.3. The first-order chi connectivity index (χ1) is 57.0. The number of hydrogen-bond acceptors (Lipinski definition) is 23. The van der Waals surface area contributed by atoms with Crippen molar-refractivity contribution in [2.24, 2.45) is 0 Å². The Labute approximate surface area is 701 Å². The van der Waals surface area contributed by atoms with Crippen molar-refractivity contribution in [1.82, 2.24) is 34.3 Å². The highest BCUT2D eigenvalue weighted by Gasteiger charge is 2.41. The second-order valence-corrected chi connectivity index (χ2v) is 34.9. The van der Waals surface area contributed by atoms with Gasteiger partial charge in [-0.3, -0.25) is 43.9 Å². The number of rotatable bonds is 50. The molecule has 8 aromatic carbocycles. The maximum atomic E-state index is 15.1. The smallest absolute Gasteiger partial charge is 0.230 e. The van der Waals surface area contributed by atoms with E-state index < -0.39 is 19.8 Å². The Morgan fingerprint density at radius 1 is 0.263 bits per heavy atom. The summed E-state index contributed by atoms with van der Waals surface area (Å²) in [7, 11) is -7.41. The molecule has 0 bridgehead atoms. The van der Waals surface area contributed by atoms with Crippen molar-refractivity contribution in [3.05, 3.63) is 259 Å². The maximum Gasteiger partial charge on any atom is 0.230 e. The molecule has 0 unspecified atom stereocenters. The highest BCUT2D eigenvalue weighted by molar-refractivity contribution is 7.94. The molecular formula is C93H135N7O16P2. The number of aliphatic hydroxyl groups is 12. The Kier molecular flexibility index (Phi) is 47.8. The van der Waals surface area contributed by atoms with Gasteiger partial charge in [-0.1, -0.05) is 190 Å². The molecule has 23 nitrogen and oxygen atoms in total. The van der Waals surface area contributed by atoms with Crippen LogP contribution in [0.2, 0.25) is 0 Å². The van der Waals surface area contributed by atoms with Crippen molar-refractivity contribution in [2.75, 3.05) is 171 Å². The largest absolute Gasteiger partial charge is 0.395 e. The van der Waals surface area contributed by atoms with Crippen LogP contribution in [0, 0.1) is 41.5 Å². The summed E-state index contributed by atoms with van der Waals surface area (Å²) in [5.74, 6) is 0. The first-order valence-electron chi connectivity index (χ1n) is 41.3. The van der Waals surface area contributed by atoms with Crippen LogP contribution in [0.3, 0.4) is 0 Å². The Balaban J connectivity index is 0.000000290. The third-order valence-electron chi connectivity index (χ3n) is 21.1. The average Bonchev–Trinajstić information content (AvgIpc) is 0.744. The van der Waals surface area contributed by atoms with Crippen LogP contribution in [-0.2, 0) is 54.9 Å². The number of nitrogens with zero attached hydrogens (tertiary/aromatic N) is 7. The third kappa shape index (κ3) is 30.4. The van der Waals surface area contributed by atoms with Crippen LogP contribution in [-0.4, -0.2) is 278 Å². The number of aryl methyl sites for hydroxylation is 2. The lowest BCUT2D eigenvalue weighted by Gasteiger charge is -2.30. The van der Waals surface area contributed by atoms with Crippen LogP contribution < -0.4 is 21.2 Å². The van der Waals surface area contributed by atoms with Crippen molar-refractivity contribution in [2.45, 2.75) is 114 Å². The van der Waals surface area contributed by atoms with Gasteiger partial charge in [0.1, 0.15) is 0 Å². The van der Waals surface area contributed by atoms with Crippen molar-refractivity contribution >= 4 is 46.6 Å². The van der Waals surface area contributed by atoms with E-state index in [0.29, 0.717) is 131 Å². The molecule has 0 aliphatic carbocycles. The zero-order chi connectivity index (χ0) is 86.4. The second-order valence-electron chi connectivity index (χ2n) is 29.6. The second kappa shape index (κ2) is 55.7. The van der Waals surface area contributed by atoms with E-state index in [0.717, 1.165) is 102 Å². The summed E-state index contributed by atoms with van der Waals surface area (Å²) in [6.07, 6.45) is 2.13. The molecule has 0 saturated carbocycles. The van der Waals surface area contributed by atoms with Gasteiger partial charge in [-0.05, 0) is 140 Å². The predicted molar refractivity (Wildman–Crippen MR) is 475 cm³/mol. The topological polar surface area (TPSA) is 334 Å². The molecule has 0 saturated heterocycles. The fourth-order valence-electron chi connectivity index (χ4n) is 15.1. The summed E-state index contributed by atoms with van der Waals surface area (Å²) in [5, 5.41) is 114. The molecule has 0 aliphatic rings.